The lowest BCUT2D eigenvalue weighted by molar-refractivity contribution is -0.140. The number of carbonyl (C=O) groups is 1. The van der Waals surface area contributed by atoms with E-state index in [2.05, 4.69) is 20.7 Å². The largest absolute Gasteiger partial charge is 0.368 e. The minimum absolute atomic E-state index is 0.135. The Morgan fingerprint density at radius 3 is 2.95 bits per heavy atom. The monoisotopic (exact) mass is 275 g/mol. The molecule has 1 aliphatic rings. The molecule has 3 heterocycles. The van der Waals surface area contributed by atoms with Crippen LogP contribution in [0.3, 0.4) is 0 Å². The van der Waals surface area contributed by atoms with Gasteiger partial charge in [0.2, 0.25) is 0 Å². The van der Waals surface area contributed by atoms with Gasteiger partial charge >= 0.3 is 0 Å². The smallest absolute Gasteiger partial charge is 0.257 e. The van der Waals surface area contributed by atoms with Crippen LogP contribution in [-0.4, -0.2) is 46.3 Å². The number of aromatic nitrogens is 3. The number of anilines is 1. The van der Waals surface area contributed by atoms with Crippen molar-refractivity contribution < 1.29 is 9.53 Å². The van der Waals surface area contributed by atoms with Crippen LogP contribution in [0.25, 0.3) is 5.65 Å². The number of nitrogens with one attached hydrogen (secondary N) is 2. The van der Waals surface area contributed by atoms with Gasteiger partial charge in [-0.3, -0.25) is 4.79 Å². The molecule has 3 rings (SSSR count). The molecule has 7 heteroatoms. The van der Waals surface area contributed by atoms with Crippen LogP contribution < -0.4 is 10.6 Å². The molecule has 1 saturated heterocycles. The molecule has 1 aliphatic heterocycles. The summed E-state index contributed by atoms with van der Waals surface area (Å²) >= 11 is 0. The molecule has 0 radical (unpaired) electrons. The van der Waals surface area contributed by atoms with E-state index in [-0.39, 0.29) is 5.91 Å². The summed E-state index contributed by atoms with van der Waals surface area (Å²) in [5, 5.41) is 10.3. The molecule has 7 nitrogen and oxygen atoms in total. The van der Waals surface area contributed by atoms with Crippen LogP contribution in [0, 0.1) is 0 Å². The van der Waals surface area contributed by atoms with Crippen molar-refractivity contribution in [1.29, 1.82) is 0 Å². The zero-order valence-corrected chi connectivity index (χ0v) is 11.3. The minimum atomic E-state index is -0.770. The Kier molecular flexibility index (Phi) is 3.37. The summed E-state index contributed by atoms with van der Waals surface area (Å²) in [5.41, 5.74) is -0.0758. The average Bonchev–Trinajstić information content (AvgIpc) is 2.97. The number of carbonyl (C=O) groups excluding carboxylic acids is 1. The van der Waals surface area contributed by atoms with Crippen molar-refractivity contribution in [3.05, 3.63) is 24.5 Å². The second kappa shape index (κ2) is 5.18. The SMILES string of the molecule is COC1(C(=O)Nc2ccnc3ccnn23)CCNCC1. The standard InChI is InChI=1S/C13H17N5O2/c1-20-13(4-8-14-9-5-13)12(19)17-11-2-6-15-10-3-7-16-18(10)11/h2-3,6-7,14H,4-5,8-9H2,1H3,(H,17,19). The molecule has 0 unspecified atom stereocenters. The highest BCUT2D eigenvalue weighted by Crippen LogP contribution is 2.24. The fraction of sp³-hybridized carbons (Fsp3) is 0.462. The van der Waals surface area contributed by atoms with Crippen molar-refractivity contribution >= 4 is 17.4 Å². The Bertz CT molecular complexity index is 618. The van der Waals surface area contributed by atoms with Crippen molar-refractivity contribution in [3.63, 3.8) is 0 Å². The third-order valence-corrected chi connectivity index (χ3v) is 3.75. The lowest BCUT2D eigenvalue weighted by Crippen LogP contribution is -2.51. The lowest BCUT2D eigenvalue weighted by Gasteiger charge is -2.34. The predicted octanol–water partition coefficient (Wildman–Crippen LogP) is 0.436. The van der Waals surface area contributed by atoms with Gasteiger partial charge in [0.15, 0.2) is 5.65 Å². The first kappa shape index (κ1) is 13.0. The molecule has 20 heavy (non-hydrogen) atoms. The van der Waals surface area contributed by atoms with Crippen LogP contribution in [0.15, 0.2) is 24.5 Å². The maximum Gasteiger partial charge on any atom is 0.257 e. The van der Waals surface area contributed by atoms with Gasteiger partial charge in [-0.05, 0) is 32.0 Å². The molecule has 0 saturated carbocycles. The van der Waals surface area contributed by atoms with E-state index in [0.29, 0.717) is 24.3 Å². The highest BCUT2D eigenvalue weighted by Gasteiger charge is 2.39. The van der Waals surface area contributed by atoms with Gasteiger partial charge in [0.25, 0.3) is 5.91 Å². The third-order valence-electron chi connectivity index (χ3n) is 3.75. The average molecular weight is 275 g/mol. The number of hydrogen-bond donors (Lipinski definition) is 2. The molecule has 0 aliphatic carbocycles. The third kappa shape index (κ3) is 2.14. The Labute approximate surface area is 116 Å². The van der Waals surface area contributed by atoms with Crippen molar-refractivity contribution in [2.45, 2.75) is 18.4 Å². The predicted molar refractivity (Wildman–Crippen MR) is 73.5 cm³/mol. The molecule has 106 valence electrons. The second-order valence-corrected chi connectivity index (χ2v) is 4.83. The van der Waals surface area contributed by atoms with Crippen molar-refractivity contribution in [2.24, 2.45) is 0 Å². The number of nitrogens with zero attached hydrogens (tertiary/aromatic N) is 3. The quantitative estimate of drug-likeness (QED) is 0.849. The molecule has 2 N–H and O–H groups in total. The van der Waals surface area contributed by atoms with Gasteiger partial charge in [0.05, 0.1) is 6.20 Å². The number of amides is 1. The van der Waals surface area contributed by atoms with E-state index < -0.39 is 5.60 Å². The van der Waals surface area contributed by atoms with Gasteiger partial charge in [-0.15, -0.1) is 0 Å². The molecular formula is C13H17N5O2. The summed E-state index contributed by atoms with van der Waals surface area (Å²) < 4.78 is 7.11. The number of piperidine rings is 1. The van der Waals surface area contributed by atoms with Gasteiger partial charge < -0.3 is 15.4 Å². The first-order chi connectivity index (χ1) is 9.75. The van der Waals surface area contributed by atoms with E-state index in [1.165, 1.54) is 0 Å². The Morgan fingerprint density at radius 2 is 2.20 bits per heavy atom. The van der Waals surface area contributed by atoms with E-state index in [4.69, 9.17) is 4.74 Å². The van der Waals surface area contributed by atoms with Crippen molar-refractivity contribution in [1.82, 2.24) is 19.9 Å². The van der Waals surface area contributed by atoms with Crippen LogP contribution in [0.2, 0.25) is 0 Å². The van der Waals surface area contributed by atoms with E-state index >= 15 is 0 Å². The molecule has 1 amide bonds. The minimum Gasteiger partial charge on any atom is -0.368 e. The molecule has 2 aromatic rings. The number of rotatable bonds is 3. The Balaban J connectivity index is 1.86. The van der Waals surface area contributed by atoms with Gasteiger partial charge in [0, 0.05) is 19.4 Å². The fourth-order valence-corrected chi connectivity index (χ4v) is 2.51. The van der Waals surface area contributed by atoms with Gasteiger partial charge in [-0.2, -0.15) is 9.61 Å². The summed E-state index contributed by atoms with van der Waals surface area (Å²) in [6, 6.07) is 3.51. The molecule has 0 spiro atoms. The summed E-state index contributed by atoms with van der Waals surface area (Å²) in [6.07, 6.45) is 4.61. The van der Waals surface area contributed by atoms with Crippen LogP contribution in [0.5, 0.6) is 0 Å². The number of ether oxygens (including phenoxy) is 1. The van der Waals surface area contributed by atoms with E-state index in [0.717, 1.165) is 13.1 Å². The fourth-order valence-electron chi connectivity index (χ4n) is 2.51. The molecule has 0 bridgehead atoms. The molecular weight excluding hydrogens is 258 g/mol. The summed E-state index contributed by atoms with van der Waals surface area (Å²) in [6.45, 7) is 1.55. The molecule has 2 aromatic heterocycles. The second-order valence-electron chi connectivity index (χ2n) is 4.83. The van der Waals surface area contributed by atoms with Crippen LogP contribution in [-0.2, 0) is 9.53 Å². The topological polar surface area (TPSA) is 80.5 Å². The maximum atomic E-state index is 12.6. The summed E-state index contributed by atoms with van der Waals surface area (Å²) in [5.74, 6) is 0.462. The van der Waals surface area contributed by atoms with Crippen molar-refractivity contribution in [3.8, 4) is 0 Å². The Hall–Kier alpha value is -1.99. The normalized spacial score (nSPS) is 18.1. The highest BCUT2D eigenvalue weighted by atomic mass is 16.5. The molecule has 0 aromatic carbocycles. The number of methoxy groups -OCH3 is 1. The zero-order valence-electron chi connectivity index (χ0n) is 11.3. The summed E-state index contributed by atoms with van der Waals surface area (Å²) in [4.78, 5) is 16.7. The lowest BCUT2D eigenvalue weighted by atomic mass is 9.91. The number of hydrogen-bond acceptors (Lipinski definition) is 5. The Morgan fingerprint density at radius 1 is 1.40 bits per heavy atom. The van der Waals surface area contributed by atoms with Gasteiger partial charge in [-0.1, -0.05) is 0 Å². The molecule has 0 atom stereocenters. The van der Waals surface area contributed by atoms with Gasteiger partial charge in [0.1, 0.15) is 11.4 Å². The number of fused-ring (bicyclic) bond motifs is 1. The van der Waals surface area contributed by atoms with E-state index in [9.17, 15) is 4.79 Å². The van der Waals surface area contributed by atoms with E-state index in [1.807, 2.05) is 0 Å². The zero-order chi connectivity index (χ0) is 14.0. The van der Waals surface area contributed by atoms with E-state index in [1.54, 1.807) is 36.2 Å². The van der Waals surface area contributed by atoms with Gasteiger partial charge in [-0.25, -0.2) is 4.98 Å². The van der Waals surface area contributed by atoms with Crippen LogP contribution in [0.1, 0.15) is 12.8 Å². The first-order valence-electron chi connectivity index (χ1n) is 6.61. The highest BCUT2D eigenvalue weighted by molar-refractivity contribution is 5.97. The summed E-state index contributed by atoms with van der Waals surface area (Å²) in [7, 11) is 1.58. The van der Waals surface area contributed by atoms with Crippen molar-refractivity contribution in [2.75, 3.05) is 25.5 Å². The van der Waals surface area contributed by atoms with Crippen LogP contribution in [0.4, 0.5) is 5.82 Å². The first-order valence-corrected chi connectivity index (χ1v) is 6.61. The maximum absolute atomic E-state index is 12.6. The van der Waals surface area contributed by atoms with Crippen LogP contribution >= 0.6 is 0 Å². The molecule has 1 fully saturated rings.